The van der Waals surface area contributed by atoms with Gasteiger partial charge in [0.05, 0.1) is 35.0 Å². The van der Waals surface area contributed by atoms with Crippen molar-refractivity contribution in [3.8, 4) is 17.1 Å². The summed E-state index contributed by atoms with van der Waals surface area (Å²) in [5.74, 6) is 1.30. The van der Waals surface area contributed by atoms with Crippen LogP contribution in [0.25, 0.3) is 22.3 Å². The molecule has 4 saturated heterocycles. The molecule has 4 aromatic rings. The van der Waals surface area contributed by atoms with Gasteiger partial charge in [-0.1, -0.05) is 6.58 Å². The number of piperidine rings is 3. The second-order valence-electron chi connectivity index (χ2n) is 18.6. The normalized spacial score (nSPS) is 23.9. The van der Waals surface area contributed by atoms with Gasteiger partial charge < -0.3 is 29.5 Å². The number of carbonyl (C=O) groups is 3. The Labute approximate surface area is 362 Å². The molecule has 0 spiro atoms. The maximum absolute atomic E-state index is 13.4. The number of nitrogens with zero attached hydrogens (tertiary/aromatic N) is 8. The van der Waals surface area contributed by atoms with Crippen LogP contribution in [0.4, 0.5) is 11.5 Å². The fourth-order valence-electron chi connectivity index (χ4n) is 10.1. The van der Waals surface area contributed by atoms with Crippen LogP contribution in [0.3, 0.4) is 0 Å². The minimum atomic E-state index is -0.797. The summed E-state index contributed by atoms with van der Waals surface area (Å²) in [6.45, 7) is 17.7. The van der Waals surface area contributed by atoms with Crippen molar-refractivity contribution in [1.82, 2.24) is 40.2 Å². The van der Waals surface area contributed by atoms with Gasteiger partial charge in [-0.15, -0.1) is 0 Å². The molecule has 1 aliphatic carbocycles. The molecule has 2 aromatic carbocycles. The Morgan fingerprint density at radius 1 is 0.871 bits per heavy atom. The fraction of sp³-hybridized carbons (Fsp3) is 0.532. The number of fused-ring (bicyclic) bond motifs is 2. The highest BCUT2D eigenvalue weighted by atomic mass is 16.5. The van der Waals surface area contributed by atoms with E-state index in [0.717, 1.165) is 148 Å². The number of hydrogen-bond donors (Lipinski definition) is 2. The number of piperazine rings is 1. The Hall–Kier alpha value is -5.38. The quantitative estimate of drug-likeness (QED) is 0.179. The van der Waals surface area contributed by atoms with Crippen LogP contribution in [0.5, 0.6) is 5.75 Å². The molecule has 2 N–H and O–H groups in total. The topological polar surface area (TPSA) is 152 Å². The van der Waals surface area contributed by atoms with Gasteiger partial charge in [0.1, 0.15) is 35.2 Å². The first kappa shape index (κ1) is 40.7. The number of likely N-dealkylation sites (tertiary alicyclic amines) is 1. The van der Waals surface area contributed by atoms with E-state index >= 15 is 0 Å². The van der Waals surface area contributed by atoms with Crippen LogP contribution in [0.2, 0.25) is 0 Å². The molecule has 5 aliphatic heterocycles. The van der Waals surface area contributed by atoms with Crippen LogP contribution in [0.1, 0.15) is 85.9 Å². The zero-order chi connectivity index (χ0) is 42.5. The van der Waals surface area contributed by atoms with E-state index < -0.39 is 6.04 Å². The number of nitrogens with one attached hydrogen (secondary N) is 2. The first-order valence-electron chi connectivity index (χ1n) is 22.7. The van der Waals surface area contributed by atoms with E-state index in [1.807, 2.05) is 24.3 Å². The number of benzene rings is 2. The standard InChI is InChI=1S/C47H58N10O5/c1-30-4-9-41(44(58)50-30)57-45(59)36-7-5-33(24-37(36)46(57)60)55-18-10-32(11-19-55)28-53-16-12-34(13-17-53)61-23-22-54-20-21-56(27-31(54)2)42-26-40(48-29-49-42)43-38-25-35(62-47(3)14-15-47)6-8-39(38)51-52-43/h5-8,24-26,29,31-32,34,41H,1,4,9-23,27-28H2,2-3H3,(H,50,58)(H,51,52)/t31-,41?/m0/s1. The molecule has 15 nitrogen and oxygen atoms in total. The average Bonchev–Trinajstić information content (AvgIpc) is 3.76. The number of rotatable bonds is 12. The second-order valence-corrected chi connectivity index (χ2v) is 18.6. The van der Waals surface area contributed by atoms with E-state index in [9.17, 15) is 14.4 Å². The molecule has 1 unspecified atom stereocenters. The molecule has 326 valence electrons. The van der Waals surface area contributed by atoms with E-state index in [1.54, 1.807) is 12.4 Å². The lowest BCUT2D eigenvalue weighted by molar-refractivity contribution is -0.125. The van der Waals surface area contributed by atoms with Crippen molar-refractivity contribution >= 4 is 40.1 Å². The Kier molecular flexibility index (Phi) is 11.0. The van der Waals surface area contributed by atoms with Crippen molar-refractivity contribution in [3.63, 3.8) is 0 Å². The van der Waals surface area contributed by atoms with E-state index in [2.05, 4.69) is 77.6 Å². The van der Waals surface area contributed by atoms with Crippen LogP contribution in [0.15, 0.2) is 61.1 Å². The van der Waals surface area contributed by atoms with Gasteiger partial charge >= 0.3 is 0 Å². The van der Waals surface area contributed by atoms with Crippen LogP contribution < -0.4 is 19.9 Å². The lowest BCUT2D eigenvalue weighted by Crippen LogP contribution is -2.53. The van der Waals surface area contributed by atoms with Gasteiger partial charge in [0.2, 0.25) is 5.91 Å². The Balaban J connectivity index is 0.644. The zero-order valence-corrected chi connectivity index (χ0v) is 36.0. The Morgan fingerprint density at radius 2 is 1.68 bits per heavy atom. The fourth-order valence-corrected chi connectivity index (χ4v) is 10.1. The molecular weight excluding hydrogens is 785 g/mol. The first-order chi connectivity index (χ1) is 30.1. The minimum absolute atomic E-state index is 0.0464. The molecule has 2 aromatic heterocycles. The number of hydrogen-bond acceptors (Lipinski definition) is 12. The lowest BCUT2D eigenvalue weighted by Gasteiger charge is -2.41. The van der Waals surface area contributed by atoms with Crippen LogP contribution in [0, 0.1) is 5.92 Å². The molecular formula is C47H58N10O5. The van der Waals surface area contributed by atoms with Crippen LogP contribution in [-0.4, -0.2) is 142 Å². The monoisotopic (exact) mass is 842 g/mol. The lowest BCUT2D eigenvalue weighted by atomic mass is 9.94. The average molecular weight is 843 g/mol. The van der Waals surface area contributed by atoms with E-state index in [4.69, 9.17) is 9.47 Å². The number of allylic oxidation sites excluding steroid dienone is 1. The summed E-state index contributed by atoms with van der Waals surface area (Å²) >= 11 is 0. The molecule has 6 aliphatic rings. The third kappa shape index (κ3) is 8.29. The van der Waals surface area contributed by atoms with E-state index in [-0.39, 0.29) is 23.3 Å². The molecule has 0 radical (unpaired) electrons. The number of aromatic nitrogens is 4. The summed E-state index contributed by atoms with van der Waals surface area (Å²) < 4.78 is 12.7. The van der Waals surface area contributed by atoms with Crippen molar-refractivity contribution in [3.05, 3.63) is 72.2 Å². The maximum atomic E-state index is 13.4. The van der Waals surface area contributed by atoms with Gasteiger partial charge in [-0.05, 0) is 108 Å². The highest BCUT2D eigenvalue weighted by Gasteiger charge is 2.44. The van der Waals surface area contributed by atoms with Crippen molar-refractivity contribution in [2.24, 2.45) is 5.92 Å². The summed E-state index contributed by atoms with van der Waals surface area (Å²) in [7, 11) is 0. The summed E-state index contributed by atoms with van der Waals surface area (Å²) in [4.78, 5) is 59.5. The number of carbonyl (C=O) groups excluding carboxylic acids is 3. The third-order valence-electron chi connectivity index (χ3n) is 14.1. The SMILES string of the molecule is C=C1CCC(N2C(=O)c3ccc(N4CCC(CN5CCC(OCCN6CCN(c7cc(-c8n[nH]c9ccc(OC%10(C)CC%10)cc89)ncn7)C[C@@H]6C)CC5)CC4)cc3C2=O)C(=O)N1. The highest BCUT2D eigenvalue weighted by molar-refractivity contribution is 6.23. The Morgan fingerprint density at radius 3 is 2.45 bits per heavy atom. The van der Waals surface area contributed by atoms with Gasteiger partial charge in [-0.2, -0.15) is 5.10 Å². The summed E-state index contributed by atoms with van der Waals surface area (Å²) in [6.07, 6.45) is 9.37. The molecule has 15 heteroatoms. The van der Waals surface area contributed by atoms with Gasteiger partial charge in [-0.25, -0.2) is 9.97 Å². The molecule has 2 atom stereocenters. The summed E-state index contributed by atoms with van der Waals surface area (Å²) in [6, 6.07) is 13.3. The number of amides is 3. The number of imide groups is 1. The number of H-pyrrole nitrogens is 1. The third-order valence-corrected chi connectivity index (χ3v) is 14.1. The van der Waals surface area contributed by atoms with Crippen molar-refractivity contribution < 1.29 is 23.9 Å². The zero-order valence-electron chi connectivity index (χ0n) is 36.0. The van der Waals surface area contributed by atoms with Crippen molar-refractivity contribution in [1.29, 1.82) is 0 Å². The maximum Gasteiger partial charge on any atom is 0.262 e. The Bertz CT molecular complexity index is 2360. The van der Waals surface area contributed by atoms with Crippen molar-refractivity contribution in [2.45, 2.75) is 89.0 Å². The number of ether oxygens (including phenoxy) is 2. The van der Waals surface area contributed by atoms with Gasteiger partial charge in [0.15, 0.2) is 0 Å². The second kappa shape index (κ2) is 16.7. The molecule has 3 amide bonds. The predicted molar refractivity (Wildman–Crippen MR) is 236 cm³/mol. The van der Waals surface area contributed by atoms with Crippen LogP contribution >= 0.6 is 0 Å². The number of anilines is 2. The van der Waals surface area contributed by atoms with E-state index in [1.165, 1.54) is 0 Å². The molecule has 7 heterocycles. The van der Waals surface area contributed by atoms with Gasteiger partial charge in [-0.3, -0.25) is 29.3 Å². The highest BCUT2D eigenvalue weighted by Crippen LogP contribution is 2.41. The smallest absolute Gasteiger partial charge is 0.262 e. The molecule has 1 saturated carbocycles. The van der Waals surface area contributed by atoms with Gasteiger partial charge in [0.25, 0.3) is 11.8 Å². The minimum Gasteiger partial charge on any atom is -0.488 e. The molecule has 5 fully saturated rings. The van der Waals surface area contributed by atoms with Crippen LogP contribution in [-0.2, 0) is 9.53 Å². The first-order valence-corrected chi connectivity index (χ1v) is 22.7. The van der Waals surface area contributed by atoms with Gasteiger partial charge in [0, 0.05) is 87.8 Å². The molecule has 62 heavy (non-hydrogen) atoms. The summed E-state index contributed by atoms with van der Waals surface area (Å²) in [5.41, 5.74) is 4.88. The molecule has 10 rings (SSSR count). The predicted octanol–water partition coefficient (Wildman–Crippen LogP) is 5.25. The van der Waals surface area contributed by atoms with E-state index in [0.29, 0.717) is 47.7 Å². The summed E-state index contributed by atoms with van der Waals surface area (Å²) in [5, 5.41) is 11.5. The molecule has 0 bridgehead atoms. The number of aromatic amines is 1. The largest absolute Gasteiger partial charge is 0.488 e. The van der Waals surface area contributed by atoms with Crippen molar-refractivity contribution in [2.75, 3.05) is 75.3 Å².